The summed E-state index contributed by atoms with van der Waals surface area (Å²) in [5.74, 6) is 0. The molecule has 11 heavy (non-hydrogen) atoms. The minimum atomic E-state index is -1.40. The van der Waals surface area contributed by atoms with Gasteiger partial charge in [0.25, 0.3) is 0 Å². The van der Waals surface area contributed by atoms with Crippen LogP contribution in [0.15, 0.2) is 0 Å². The van der Waals surface area contributed by atoms with E-state index >= 15 is 0 Å². The van der Waals surface area contributed by atoms with Gasteiger partial charge in [0.1, 0.15) is 25.7 Å². The molecule has 0 amide bonds. The zero-order valence-corrected chi connectivity index (χ0v) is 6.62. The van der Waals surface area contributed by atoms with Crippen LogP contribution in [0.1, 0.15) is 6.92 Å². The van der Waals surface area contributed by atoms with Crippen LogP contribution in [0.25, 0.3) is 0 Å². The van der Waals surface area contributed by atoms with E-state index in [9.17, 15) is 9.50 Å². The Hall–Kier alpha value is -0.125. The van der Waals surface area contributed by atoms with E-state index in [1.54, 1.807) is 0 Å². The zero-order valence-electron chi connectivity index (χ0n) is 6.62. The van der Waals surface area contributed by atoms with Gasteiger partial charge in [-0.3, -0.25) is 0 Å². The molecule has 4 unspecified atom stereocenters. The van der Waals surface area contributed by atoms with Gasteiger partial charge in [0.05, 0.1) is 12.6 Å². The number of hydrogen-bond donors (Lipinski definition) is 2. The summed E-state index contributed by atoms with van der Waals surface area (Å²) in [5.41, 5.74) is -1.13. The van der Waals surface area contributed by atoms with Crippen LogP contribution in [0.3, 0.4) is 0 Å². The van der Waals surface area contributed by atoms with Crippen LogP contribution in [-0.2, 0) is 4.74 Å². The number of halogens is 1. The molecule has 5 heteroatoms. The Morgan fingerprint density at radius 3 is 2.45 bits per heavy atom. The zero-order chi connectivity index (χ0) is 8.65. The van der Waals surface area contributed by atoms with Crippen LogP contribution in [0, 0.1) is 0 Å². The van der Waals surface area contributed by atoms with Crippen LogP contribution < -0.4 is 0 Å². The van der Waals surface area contributed by atoms with Crippen molar-refractivity contribution in [3.8, 4) is 0 Å². The molecule has 0 radical (unpaired) electrons. The van der Waals surface area contributed by atoms with Crippen LogP contribution in [-0.4, -0.2) is 48.5 Å². The first-order valence-electron chi connectivity index (χ1n) is 3.62. The van der Waals surface area contributed by atoms with Gasteiger partial charge in [0.2, 0.25) is 0 Å². The normalized spacial score (nSPS) is 51.5. The maximum absolute atomic E-state index is 12.9. The van der Waals surface area contributed by atoms with Gasteiger partial charge in [-0.05, 0) is 6.92 Å². The van der Waals surface area contributed by atoms with Crippen LogP contribution >= 0.6 is 0 Å². The van der Waals surface area contributed by atoms with E-state index in [4.69, 9.17) is 9.84 Å². The van der Waals surface area contributed by atoms with Gasteiger partial charge in [0, 0.05) is 0 Å². The van der Waals surface area contributed by atoms with E-state index in [0.29, 0.717) is 0 Å². The van der Waals surface area contributed by atoms with Crippen molar-refractivity contribution in [2.24, 2.45) is 0 Å². The molecule has 0 aromatic carbocycles. The molecular formula is C6H12BFO3. The smallest absolute Gasteiger partial charge is 0.147 e. The lowest BCUT2D eigenvalue weighted by Gasteiger charge is -2.24. The first kappa shape index (κ1) is 8.97. The predicted molar refractivity (Wildman–Crippen MR) is 39.8 cm³/mol. The first-order chi connectivity index (χ1) is 5.01. The molecule has 2 N–H and O–H groups in total. The van der Waals surface area contributed by atoms with Crippen molar-refractivity contribution >= 4 is 7.85 Å². The van der Waals surface area contributed by atoms with Crippen LogP contribution in [0.2, 0.25) is 0 Å². The first-order valence-corrected chi connectivity index (χ1v) is 3.62. The lowest BCUT2D eigenvalue weighted by molar-refractivity contribution is -0.0852. The maximum Gasteiger partial charge on any atom is 0.147 e. The molecule has 0 aliphatic carbocycles. The molecule has 1 heterocycles. The summed E-state index contributed by atoms with van der Waals surface area (Å²) in [6.07, 6.45) is -2.62. The summed E-state index contributed by atoms with van der Waals surface area (Å²) < 4.78 is 18.0. The quantitative estimate of drug-likeness (QED) is 0.457. The highest BCUT2D eigenvalue weighted by molar-refractivity contribution is 6.11. The Balaban J connectivity index is 2.73. The molecule has 0 saturated carbocycles. The fourth-order valence-corrected chi connectivity index (χ4v) is 1.28. The number of hydrogen-bond acceptors (Lipinski definition) is 3. The van der Waals surface area contributed by atoms with Gasteiger partial charge in [0.15, 0.2) is 0 Å². The van der Waals surface area contributed by atoms with Gasteiger partial charge in [-0.1, -0.05) is 0 Å². The van der Waals surface area contributed by atoms with E-state index in [-0.39, 0.29) is 6.61 Å². The van der Waals surface area contributed by atoms with Crippen molar-refractivity contribution in [2.75, 3.05) is 6.61 Å². The summed E-state index contributed by atoms with van der Waals surface area (Å²) in [5, 5.41) is 18.0. The maximum atomic E-state index is 12.9. The highest BCUT2D eigenvalue weighted by Crippen LogP contribution is 2.30. The lowest BCUT2D eigenvalue weighted by atomic mass is 9.91. The van der Waals surface area contributed by atoms with Crippen molar-refractivity contribution in [3.63, 3.8) is 0 Å². The van der Waals surface area contributed by atoms with Crippen LogP contribution in [0.4, 0.5) is 4.39 Å². The second kappa shape index (κ2) is 2.73. The number of alkyl halides is 1. The predicted octanol–water partition coefficient (Wildman–Crippen LogP) is -1.57. The van der Waals surface area contributed by atoms with Crippen molar-refractivity contribution in [2.45, 2.75) is 30.8 Å². The van der Waals surface area contributed by atoms with Gasteiger partial charge in [-0.25, -0.2) is 4.39 Å². The minimum Gasteiger partial charge on any atom is -0.393 e. The lowest BCUT2D eigenvalue weighted by Crippen LogP contribution is -2.42. The topological polar surface area (TPSA) is 49.7 Å². The van der Waals surface area contributed by atoms with Crippen molar-refractivity contribution in [1.29, 1.82) is 0 Å². The number of aliphatic hydroxyl groups is 2. The largest absolute Gasteiger partial charge is 0.393 e. The highest BCUT2D eigenvalue weighted by atomic mass is 19.1. The summed E-state index contributed by atoms with van der Waals surface area (Å²) >= 11 is 0. The molecule has 0 aromatic heterocycles. The van der Waals surface area contributed by atoms with Crippen molar-refractivity contribution in [1.82, 2.24) is 0 Å². The van der Waals surface area contributed by atoms with E-state index in [0.717, 1.165) is 0 Å². The Kier molecular flexibility index (Phi) is 2.23. The third kappa shape index (κ3) is 1.28. The molecule has 0 aromatic rings. The van der Waals surface area contributed by atoms with Crippen molar-refractivity contribution < 1.29 is 19.3 Å². The van der Waals surface area contributed by atoms with E-state index in [2.05, 4.69) is 0 Å². The summed E-state index contributed by atoms with van der Waals surface area (Å²) in [4.78, 5) is 0. The third-order valence-corrected chi connectivity index (χ3v) is 2.14. The fraction of sp³-hybridized carbons (Fsp3) is 1.00. The Labute approximate surface area is 65.6 Å². The number of aliphatic hydroxyl groups excluding tert-OH is 2. The molecule has 4 atom stereocenters. The molecule has 64 valence electrons. The molecule has 1 saturated heterocycles. The molecule has 1 aliphatic rings. The Bertz CT molecular complexity index is 157. The van der Waals surface area contributed by atoms with Gasteiger partial charge in [-0.2, -0.15) is 0 Å². The van der Waals surface area contributed by atoms with E-state index in [1.807, 2.05) is 0 Å². The summed E-state index contributed by atoms with van der Waals surface area (Å²) in [7, 11) is 1.54. The molecule has 0 spiro atoms. The molecule has 1 aliphatic heterocycles. The SMILES string of the molecule is BC1OC(C)(CO)C(O)C1F. The molecule has 0 bridgehead atoms. The average molecular weight is 162 g/mol. The molecule has 3 nitrogen and oxygen atoms in total. The second-order valence-corrected chi connectivity index (χ2v) is 3.18. The third-order valence-electron chi connectivity index (χ3n) is 2.14. The standard InChI is InChI=1S/C6H12BFO3/c1-6(2-9)4(10)3(8)5(7)11-6/h3-5,9-10H,2,7H2,1H3. The minimum absolute atomic E-state index is 0.362. The number of rotatable bonds is 1. The fourth-order valence-electron chi connectivity index (χ4n) is 1.28. The molecular weight excluding hydrogens is 150 g/mol. The van der Waals surface area contributed by atoms with Gasteiger partial charge in [-0.15, -0.1) is 0 Å². The molecule has 1 fully saturated rings. The van der Waals surface area contributed by atoms with E-state index in [1.165, 1.54) is 14.8 Å². The Morgan fingerprint density at radius 2 is 2.27 bits per heavy atom. The Morgan fingerprint density at radius 1 is 1.73 bits per heavy atom. The van der Waals surface area contributed by atoms with Gasteiger partial charge >= 0.3 is 0 Å². The second-order valence-electron chi connectivity index (χ2n) is 3.18. The molecule has 1 rings (SSSR count). The van der Waals surface area contributed by atoms with Crippen molar-refractivity contribution in [3.05, 3.63) is 0 Å². The summed E-state index contributed by atoms with van der Waals surface area (Å²) in [6.45, 7) is 1.13. The average Bonchev–Trinajstić information content (AvgIpc) is 2.17. The van der Waals surface area contributed by atoms with E-state index < -0.39 is 23.9 Å². The highest BCUT2D eigenvalue weighted by Gasteiger charge is 2.49. The number of ether oxygens (including phenoxy) is 1. The van der Waals surface area contributed by atoms with Gasteiger partial charge < -0.3 is 14.9 Å². The summed E-state index contributed by atoms with van der Waals surface area (Å²) in [6, 6.07) is -0.637. The monoisotopic (exact) mass is 162 g/mol. The van der Waals surface area contributed by atoms with Crippen LogP contribution in [0.5, 0.6) is 0 Å².